The Labute approximate surface area is 146 Å². The van der Waals surface area contributed by atoms with E-state index in [9.17, 15) is 17.2 Å². The first-order valence-corrected chi connectivity index (χ1v) is 9.74. The zero-order chi connectivity index (χ0) is 18.4. The number of hydrogen-bond donors (Lipinski definition) is 0. The lowest BCUT2D eigenvalue weighted by Crippen LogP contribution is -2.04. The highest BCUT2D eigenvalue weighted by Crippen LogP contribution is 2.37. The highest BCUT2D eigenvalue weighted by Gasteiger charge is 2.22. The molecule has 1 aliphatic rings. The highest BCUT2D eigenvalue weighted by molar-refractivity contribution is 7.90. The van der Waals surface area contributed by atoms with Crippen LogP contribution in [0.25, 0.3) is 11.1 Å². The maximum Gasteiger partial charge on any atom is 0.178 e. The Balaban J connectivity index is 2.18. The zero-order valence-corrected chi connectivity index (χ0v) is 15.0. The van der Waals surface area contributed by atoms with Crippen molar-refractivity contribution in [3.05, 3.63) is 76.4 Å². The van der Waals surface area contributed by atoms with Gasteiger partial charge in [-0.2, -0.15) is 0 Å². The molecule has 0 aromatic heterocycles. The van der Waals surface area contributed by atoms with Crippen LogP contribution in [0.4, 0.5) is 8.78 Å². The number of halogens is 2. The van der Waals surface area contributed by atoms with E-state index in [1.165, 1.54) is 0 Å². The quantitative estimate of drug-likeness (QED) is 0.784. The molecule has 0 saturated heterocycles. The van der Waals surface area contributed by atoms with E-state index in [-0.39, 0.29) is 5.56 Å². The number of sulfone groups is 1. The minimum absolute atomic E-state index is 0.100. The molecule has 0 spiro atoms. The van der Waals surface area contributed by atoms with Crippen LogP contribution in [-0.2, 0) is 9.84 Å². The monoisotopic (exact) mass is 360 g/mol. The molecule has 2 nitrogen and oxygen atoms in total. The summed E-state index contributed by atoms with van der Waals surface area (Å²) >= 11 is 0. The molecular formula is C20H18F2O2S. The predicted molar refractivity (Wildman–Crippen MR) is 96.0 cm³/mol. The van der Waals surface area contributed by atoms with Gasteiger partial charge in [-0.1, -0.05) is 30.4 Å². The highest BCUT2D eigenvalue weighted by atomic mass is 32.2. The van der Waals surface area contributed by atoms with Crippen molar-refractivity contribution in [2.45, 2.75) is 25.2 Å². The molecule has 130 valence electrons. The molecule has 0 aliphatic heterocycles. The van der Waals surface area contributed by atoms with Gasteiger partial charge in [0, 0.05) is 11.8 Å². The van der Waals surface area contributed by atoms with Crippen molar-refractivity contribution in [1.82, 2.24) is 0 Å². The van der Waals surface area contributed by atoms with Crippen molar-refractivity contribution in [3.63, 3.8) is 0 Å². The van der Waals surface area contributed by atoms with E-state index in [4.69, 9.17) is 0 Å². The minimum atomic E-state index is -3.82. The van der Waals surface area contributed by atoms with E-state index < -0.39 is 26.4 Å². The van der Waals surface area contributed by atoms with Crippen molar-refractivity contribution >= 4 is 21.0 Å². The van der Waals surface area contributed by atoms with Gasteiger partial charge in [-0.25, -0.2) is 17.2 Å². The Bertz CT molecular complexity index is 1030. The normalized spacial score (nSPS) is 14.4. The van der Waals surface area contributed by atoms with Gasteiger partial charge in [0.25, 0.3) is 0 Å². The lowest BCUT2D eigenvalue weighted by Gasteiger charge is -2.12. The fourth-order valence-corrected chi connectivity index (χ4v) is 3.71. The minimum Gasteiger partial charge on any atom is -0.224 e. The maximum atomic E-state index is 14.6. The smallest absolute Gasteiger partial charge is 0.178 e. The van der Waals surface area contributed by atoms with Crippen molar-refractivity contribution in [1.29, 1.82) is 0 Å². The average Bonchev–Trinajstić information content (AvgIpc) is 3.00. The molecular weight excluding hydrogens is 342 g/mol. The number of allylic oxidation sites excluding steroid dienone is 4. The summed E-state index contributed by atoms with van der Waals surface area (Å²) in [5.41, 5.74) is 4.78. The van der Waals surface area contributed by atoms with Gasteiger partial charge in [-0.15, -0.1) is 0 Å². The second-order valence-electron chi connectivity index (χ2n) is 6.33. The third-order valence-corrected chi connectivity index (χ3v) is 5.61. The first-order chi connectivity index (χ1) is 11.7. The number of hydrogen-bond acceptors (Lipinski definition) is 2. The summed E-state index contributed by atoms with van der Waals surface area (Å²) in [6.45, 7) is 4.01. The van der Waals surface area contributed by atoms with Crippen LogP contribution in [0.2, 0.25) is 0 Å². The van der Waals surface area contributed by atoms with Crippen LogP contribution in [0, 0.1) is 25.5 Å². The van der Waals surface area contributed by atoms with Gasteiger partial charge >= 0.3 is 0 Å². The molecule has 1 aliphatic carbocycles. The zero-order valence-electron chi connectivity index (χ0n) is 14.2. The van der Waals surface area contributed by atoms with Crippen LogP contribution in [0.5, 0.6) is 0 Å². The molecule has 0 bridgehead atoms. The van der Waals surface area contributed by atoms with Gasteiger partial charge in [0.15, 0.2) is 9.84 Å². The van der Waals surface area contributed by atoms with E-state index in [0.717, 1.165) is 40.7 Å². The number of benzene rings is 2. The topological polar surface area (TPSA) is 34.1 Å². The van der Waals surface area contributed by atoms with Gasteiger partial charge in [-0.3, -0.25) is 0 Å². The molecule has 0 heterocycles. The molecule has 0 N–H and O–H groups in total. The van der Waals surface area contributed by atoms with Crippen LogP contribution in [0.1, 0.15) is 28.7 Å². The summed E-state index contributed by atoms with van der Waals surface area (Å²) in [5, 5.41) is 0. The van der Waals surface area contributed by atoms with Crippen LogP contribution in [0.3, 0.4) is 0 Å². The molecule has 0 amide bonds. The van der Waals surface area contributed by atoms with E-state index in [2.05, 4.69) is 0 Å². The molecule has 0 radical (unpaired) electrons. The van der Waals surface area contributed by atoms with E-state index in [0.29, 0.717) is 12.0 Å². The van der Waals surface area contributed by atoms with Crippen molar-refractivity contribution in [2.24, 2.45) is 0 Å². The second kappa shape index (κ2) is 6.23. The summed E-state index contributed by atoms with van der Waals surface area (Å²) in [5.74, 6) is -1.67. The van der Waals surface area contributed by atoms with Crippen molar-refractivity contribution in [2.75, 3.05) is 6.26 Å². The summed E-state index contributed by atoms with van der Waals surface area (Å²) in [6, 6.07) is 7.70. The standard InChI is InChI=1S/C20H18F2O2S/c1-12-7-8-14(9-13(12)2)15-5-4-6-16(15)17-10-19(22)20(11-18(17)21)25(3,23)24/h4-5,7-11H,6H2,1-3H3. The maximum absolute atomic E-state index is 14.6. The molecule has 3 rings (SSSR count). The van der Waals surface area contributed by atoms with Gasteiger partial charge in [-0.05, 0) is 60.2 Å². The molecule has 5 heteroatoms. The third kappa shape index (κ3) is 3.29. The summed E-state index contributed by atoms with van der Waals surface area (Å²) in [4.78, 5) is -0.618. The Morgan fingerprint density at radius 3 is 2.32 bits per heavy atom. The summed E-state index contributed by atoms with van der Waals surface area (Å²) in [7, 11) is -3.82. The average molecular weight is 360 g/mol. The molecule has 2 aromatic rings. The fourth-order valence-electron chi connectivity index (χ4n) is 2.98. The molecule has 2 aromatic carbocycles. The molecule has 0 saturated carbocycles. The summed E-state index contributed by atoms with van der Waals surface area (Å²) < 4.78 is 51.9. The van der Waals surface area contributed by atoms with E-state index in [1.54, 1.807) is 0 Å². The Hall–Kier alpha value is -2.27. The third-order valence-electron chi connectivity index (χ3n) is 4.50. The van der Waals surface area contributed by atoms with Crippen LogP contribution in [0.15, 0.2) is 47.4 Å². The Kier molecular flexibility index (Phi) is 4.37. The fraction of sp³-hybridized carbons (Fsp3) is 0.200. The van der Waals surface area contributed by atoms with E-state index in [1.807, 2.05) is 44.2 Å². The number of aryl methyl sites for hydroxylation is 2. The number of rotatable bonds is 3. The van der Waals surface area contributed by atoms with Crippen LogP contribution in [-0.4, -0.2) is 14.7 Å². The predicted octanol–water partition coefficient (Wildman–Crippen LogP) is 4.86. The SMILES string of the molecule is Cc1ccc(C2=C(c3cc(F)c(S(C)(=O)=O)cc3F)CC=C2)cc1C. The molecule has 25 heavy (non-hydrogen) atoms. The van der Waals surface area contributed by atoms with E-state index >= 15 is 0 Å². The Morgan fingerprint density at radius 2 is 1.68 bits per heavy atom. The van der Waals surface area contributed by atoms with Gasteiger partial charge in [0.1, 0.15) is 16.5 Å². The van der Waals surface area contributed by atoms with Crippen molar-refractivity contribution < 1.29 is 17.2 Å². The van der Waals surface area contributed by atoms with Gasteiger partial charge < -0.3 is 0 Å². The molecule has 0 atom stereocenters. The largest absolute Gasteiger partial charge is 0.224 e. The molecule has 0 unspecified atom stereocenters. The molecule has 0 fully saturated rings. The second-order valence-corrected chi connectivity index (χ2v) is 8.32. The van der Waals surface area contributed by atoms with Gasteiger partial charge in [0.2, 0.25) is 0 Å². The lowest BCUT2D eigenvalue weighted by atomic mass is 9.94. The first kappa shape index (κ1) is 17.5. The van der Waals surface area contributed by atoms with Gasteiger partial charge in [0.05, 0.1) is 0 Å². The summed E-state index contributed by atoms with van der Waals surface area (Å²) in [6.07, 6.45) is 5.11. The Morgan fingerprint density at radius 1 is 0.960 bits per heavy atom. The van der Waals surface area contributed by atoms with Crippen LogP contribution >= 0.6 is 0 Å². The van der Waals surface area contributed by atoms with Crippen LogP contribution < -0.4 is 0 Å². The first-order valence-electron chi connectivity index (χ1n) is 7.85. The van der Waals surface area contributed by atoms with Crippen molar-refractivity contribution in [3.8, 4) is 0 Å². The lowest BCUT2D eigenvalue weighted by molar-refractivity contribution is 0.554.